The van der Waals surface area contributed by atoms with Gasteiger partial charge in [0, 0.05) is 82.1 Å². The Balaban J connectivity index is 0.904. The van der Waals surface area contributed by atoms with E-state index in [0.717, 1.165) is 107 Å². The van der Waals surface area contributed by atoms with Gasteiger partial charge in [-0.15, -0.1) is 0 Å². The molecule has 0 aliphatic carbocycles. The molecule has 10 aromatic rings. The number of hydrogen-bond acceptors (Lipinski definition) is 4. The van der Waals surface area contributed by atoms with Crippen molar-refractivity contribution in [2.75, 3.05) is 34.6 Å². The van der Waals surface area contributed by atoms with Gasteiger partial charge in [0.05, 0.1) is 10.8 Å². The molecule has 6 nitrogen and oxygen atoms in total. The number of unbranched alkanes of at least 4 members (excludes halogenated alkanes) is 2. The van der Waals surface area contributed by atoms with E-state index in [4.69, 9.17) is 0 Å². The van der Waals surface area contributed by atoms with Crippen molar-refractivity contribution in [2.24, 2.45) is 0 Å². The van der Waals surface area contributed by atoms with Crippen molar-refractivity contribution in [2.45, 2.75) is 129 Å². The van der Waals surface area contributed by atoms with Gasteiger partial charge < -0.3 is 9.80 Å². The minimum Gasteiger partial charge on any atom is -0.344 e. The predicted molar refractivity (Wildman–Crippen MR) is 394 cm³/mol. The van der Waals surface area contributed by atoms with Crippen LogP contribution in [0, 0.1) is 13.8 Å². The monoisotopic (exact) mass is 1240 g/mol. The highest BCUT2D eigenvalue weighted by Crippen LogP contribution is 2.55. The van der Waals surface area contributed by atoms with Gasteiger partial charge in [0.1, 0.15) is 0 Å². The second kappa shape index (κ2) is 23.9. The second-order valence-electron chi connectivity index (χ2n) is 28.4. The maximum absolute atomic E-state index is 16.1. The van der Waals surface area contributed by atoms with Crippen LogP contribution in [0.3, 0.4) is 0 Å². The SMILES string of the molecule is CCCCN1C(=CC=CC2=[N+](CS(=O)(=O)C[N+]3=C(C=CC=C4N(CCCC)c5ccc6ccccc6c5C4(C)Cc4ccc(C)cc4)C(C)(C)c4c3ccc3ccccc43)c3ccc4ccccc4c3C2(C)C)C(C)(Cc2ccc(C)cc2)c2c1ccc1ccccc21. The first-order valence-corrected chi connectivity index (χ1v) is 35.7. The molecule has 4 heterocycles. The van der Waals surface area contributed by atoms with Crippen LogP contribution in [0.1, 0.15) is 126 Å². The van der Waals surface area contributed by atoms with Gasteiger partial charge in [0.15, 0.2) is 11.4 Å². The summed E-state index contributed by atoms with van der Waals surface area (Å²) in [6.45, 7) is 24.6. The van der Waals surface area contributed by atoms with E-state index in [0.29, 0.717) is 0 Å². The van der Waals surface area contributed by atoms with Crippen molar-refractivity contribution in [3.8, 4) is 0 Å². The number of sulfone groups is 1. The number of rotatable bonds is 18. The van der Waals surface area contributed by atoms with Crippen LogP contribution in [0.2, 0.25) is 0 Å². The third-order valence-corrected chi connectivity index (χ3v) is 22.5. The quantitative estimate of drug-likeness (QED) is 0.0803. The topological polar surface area (TPSA) is 46.6 Å². The smallest absolute Gasteiger partial charge is 0.270 e. The van der Waals surface area contributed by atoms with Gasteiger partial charge in [-0.2, -0.15) is 9.15 Å². The Bertz CT molecular complexity index is 4650. The van der Waals surface area contributed by atoms with Gasteiger partial charge in [-0.05, 0) is 183 Å². The summed E-state index contributed by atoms with van der Waals surface area (Å²) in [6.07, 6.45) is 19.5. The average Bonchev–Trinajstić information content (AvgIpc) is 1.60. The Morgan fingerprint density at radius 1 is 0.409 bits per heavy atom. The largest absolute Gasteiger partial charge is 0.344 e. The Morgan fingerprint density at radius 3 is 1.10 bits per heavy atom. The molecule has 0 aromatic heterocycles. The Labute approximate surface area is 551 Å². The van der Waals surface area contributed by atoms with Crippen molar-refractivity contribution in [3.63, 3.8) is 0 Å². The van der Waals surface area contributed by atoms with Crippen LogP contribution < -0.4 is 9.80 Å². The fraction of sp³-hybridized carbons (Fsp3) is 0.279. The maximum atomic E-state index is 16.1. The van der Waals surface area contributed by atoms with E-state index in [9.17, 15) is 0 Å². The molecule has 7 heteroatoms. The van der Waals surface area contributed by atoms with Crippen LogP contribution in [0.15, 0.2) is 242 Å². The summed E-state index contributed by atoms with van der Waals surface area (Å²) in [5.41, 5.74) is 17.0. The van der Waals surface area contributed by atoms with Gasteiger partial charge in [0.2, 0.25) is 11.4 Å². The third-order valence-electron chi connectivity index (χ3n) is 21.2. The molecule has 0 N–H and O–H groups in total. The number of allylic oxidation sites excluding steroid dienone is 8. The molecule has 0 fully saturated rings. The summed E-state index contributed by atoms with van der Waals surface area (Å²) >= 11 is 0. The first-order chi connectivity index (χ1) is 44.8. The minimum atomic E-state index is -3.96. The third kappa shape index (κ3) is 10.6. The van der Waals surface area contributed by atoms with Crippen LogP contribution in [-0.2, 0) is 44.3 Å². The lowest BCUT2D eigenvalue weighted by atomic mass is 9.74. The molecule has 0 amide bonds. The number of nitrogens with zero attached hydrogens (tertiary/aromatic N) is 4. The number of fused-ring (bicyclic) bond motifs is 12. The van der Waals surface area contributed by atoms with E-state index in [1.807, 2.05) is 0 Å². The molecule has 2 unspecified atom stereocenters. The second-order valence-corrected chi connectivity index (χ2v) is 30.4. The predicted octanol–water partition coefficient (Wildman–Crippen LogP) is 20.2. The molecule has 93 heavy (non-hydrogen) atoms. The van der Waals surface area contributed by atoms with Crippen molar-refractivity contribution in [3.05, 3.63) is 286 Å². The number of benzene rings is 10. The molecular formula is C86H88N4O2S+2. The lowest BCUT2D eigenvalue weighted by molar-refractivity contribution is -0.427. The van der Waals surface area contributed by atoms with Crippen LogP contribution >= 0.6 is 0 Å². The summed E-state index contributed by atoms with van der Waals surface area (Å²) in [7, 11) is -3.96. The molecule has 4 aliphatic rings. The molecular weight excluding hydrogens is 1150 g/mol. The lowest BCUT2D eigenvalue weighted by Crippen LogP contribution is -2.33. The van der Waals surface area contributed by atoms with Crippen molar-refractivity contribution >= 4 is 87.1 Å². The van der Waals surface area contributed by atoms with Crippen LogP contribution in [0.25, 0.3) is 43.1 Å². The van der Waals surface area contributed by atoms with Gasteiger partial charge >= 0.3 is 0 Å². The van der Waals surface area contributed by atoms with E-state index in [-0.39, 0.29) is 22.6 Å². The standard InChI is InChI=1S/C86H88N4O2S/c1-11-13-53-87-73-51-47-65-27-17-21-31-69(65)81(73)85(9,55-61-41-37-59(3)38-42-61)77(87)35-23-33-75-83(5,6)79-67-29-19-15-25-63(67)45-49-71(79)89(75)57-93(91,92)58-90-72-50-46-64-26-16-20-30-68(64)80(72)84(7,8)76(90)34-24-36-78-86(10,56-62-43-39-60(4)40-44-62)82-70-32-22-18-28-66(70)48-52-74(82)88(78)54-14-12-2/h15-52H,11-14,53-58H2,1-10H3/q+2. The van der Waals surface area contributed by atoms with Crippen LogP contribution in [0.5, 0.6) is 0 Å². The average molecular weight is 1240 g/mol. The fourth-order valence-corrected chi connectivity index (χ4v) is 18.2. The number of anilines is 2. The zero-order valence-corrected chi connectivity index (χ0v) is 56.8. The van der Waals surface area contributed by atoms with Crippen LogP contribution in [0.4, 0.5) is 22.7 Å². The Kier molecular flexibility index (Phi) is 15.8. The summed E-state index contributed by atoms with van der Waals surface area (Å²) in [4.78, 5) is 5.16. The molecule has 4 aliphatic heterocycles. The molecule has 468 valence electrons. The normalized spacial score (nSPS) is 19.9. The van der Waals surface area contributed by atoms with Crippen molar-refractivity contribution < 1.29 is 17.6 Å². The zero-order valence-electron chi connectivity index (χ0n) is 56.0. The highest BCUT2D eigenvalue weighted by atomic mass is 32.2. The Hall–Kier alpha value is -8.91. The summed E-state index contributed by atoms with van der Waals surface area (Å²) in [5, 5.41) is 9.60. The summed E-state index contributed by atoms with van der Waals surface area (Å²) in [5.74, 6) is -0.417. The van der Waals surface area contributed by atoms with Gasteiger partial charge in [-0.1, -0.05) is 208 Å². The summed E-state index contributed by atoms with van der Waals surface area (Å²) in [6, 6.07) is 70.9. The maximum Gasteiger partial charge on any atom is 0.270 e. The van der Waals surface area contributed by atoms with Gasteiger partial charge in [-0.25, -0.2) is 8.42 Å². The molecule has 0 saturated carbocycles. The Morgan fingerprint density at radius 2 is 0.742 bits per heavy atom. The zero-order chi connectivity index (χ0) is 64.6. The van der Waals surface area contributed by atoms with E-state index in [2.05, 4.69) is 319 Å². The molecule has 14 rings (SSSR count). The highest BCUT2D eigenvalue weighted by molar-refractivity contribution is 7.91. The van der Waals surface area contributed by atoms with Crippen molar-refractivity contribution in [1.29, 1.82) is 0 Å². The molecule has 0 radical (unpaired) electrons. The highest BCUT2D eigenvalue weighted by Gasteiger charge is 2.52. The first-order valence-electron chi connectivity index (χ1n) is 33.9. The fourth-order valence-electron chi connectivity index (χ4n) is 16.7. The molecule has 0 saturated heterocycles. The van der Waals surface area contributed by atoms with Gasteiger partial charge in [-0.3, -0.25) is 0 Å². The van der Waals surface area contributed by atoms with E-state index >= 15 is 8.42 Å². The number of aryl methyl sites for hydroxylation is 2. The molecule has 10 aromatic carbocycles. The summed E-state index contributed by atoms with van der Waals surface area (Å²) < 4.78 is 36.4. The molecule has 0 bridgehead atoms. The number of hydrogen-bond donors (Lipinski definition) is 0. The molecule has 2 atom stereocenters. The molecule has 0 spiro atoms. The van der Waals surface area contributed by atoms with E-state index < -0.39 is 20.7 Å². The van der Waals surface area contributed by atoms with Crippen LogP contribution in [-0.4, -0.2) is 53.8 Å². The lowest BCUT2D eigenvalue weighted by Gasteiger charge is -2.31. The minimum absolute atomic E-state index is 0.208. The van der Waals surface area contributed by atoms with E-state index in [1.165, 1.54) is 77.7 Å². The van der Waals surface area contributed by atoms with Crippen molar-refractivity contribution in [1.82, 2.24) is 0 Å². The van der Waals surface area contributed by atoms with Gasteiger partial charge in [0.25, 0.3) is 21.6 Å². The first kappa shape index (κ1) is 61.6. The van der Waals surface area contributed by atoms with E-state index in [1.54, 1.807) is 0 Å².